The van der Waals surface area contributed by atoms with E-state index in [0.717, 1.165) is 24.0 Å². The van der Waals surface area contributed by atoms with E-state index in [1.165, 1.54) is 0 Å². The monoisotopic (exact) mass is 278 g/mol. The Bertz CT molecular complexity index is 473. The maximum atomic E-state index is 10.9. The Hall–Kier alpha value is -1.39. The zero-order valence-electron chi connectivity index (χ0n) is 12.3. The Balaban J connectivity index is 1.95. The van der Waals surface area contributed by atoms with Crippen LogP contribution < -0.4 is 0 Å². The number of ether oxygens (including phenoxy) is 2. The molecular formula is C16H22O4. The molecule has 1 saturated heterocycles. The molecule has 0 radical (unpaired) electrons. The van der Waals surface area contributed by atoms with E-state index in [9.17, 15) is 4.79 Å². The minimum absolute atomic E-state index is 0.215. The summed E-state index contributed by atoms with van der Waals surface area (Å²) in [5.41, 5.74) is 2.32. The van der Waals surface area contributed by atoms with Crippen LogP contribution in [0.3, 0.4) is 0 Å². The fourth-order valence-electron chi connectivity index (χ4n) is 2.68. The van der Waals surface area contributed by atoms with E-state index in [4.69, 9.17) is 14.6 Å². The van der Waals surface area contributed by atoms with E-state index >= 15 is 0 Å². The van der Waals surface area contributed by atoms with Crippen molar-refractivity contribution in [2.24, 2.45) is 0 Å². The van der Waals surface area contributed by atoms with Crippen molar-refractivity contribution in [3.8, 4) is 0 Å². The fraction of sp³-hybridized carbons (Fsp3) is 0.562. The van der Waals surface area contributed by atoms with E-state index in [-0.39, 0.29) is 18.3 Å². The molecule has 4 nitrogen and oxygen atoms in total. The van der Waals surface area contributed by atoms with Gasteiger partial charge < -0.3 is 14.6 Å². The number of carboxylic acid groups (broad SMARTS) is 1. The van der Waals surface area contributed by atoms with E-state index in [1.807, 2.05) is 13.0 Å². The normalized spacial score (nSPS) is 26.4. The summed E-state index contributed by atoms with van der Waals surface area (Å²) in [7, 11) is 0. The highest BCUT2D eigenvalue weighted by atomic mass is 16.5. The first-order chi connectivity index (χ1) is 9.45. The lowest BCUT2D eigenvalue weighted by Crippen LogP contribution is -2.34. The molecule has 1 aromatic rings. The van der Waals surface area contributed by atoms with Crippen molar-refractivity contribution in [2.75, 3.05) is 0 Å². The van der Waals surface area contributed by atoms with E-state index in [0.29, 0.717) is 12.2 Å². The van der Waals surface area contributed by atoms with Crippen LogP contribution in [-0.2, 0) is 16.1 Å². The lowest BCUT2D eigenvalue weighted by atomic mass is 10.0. The molecule has 2 atom stereocenters. The van der Waals surface area contributed by atoms with Crippen molar-refractivity contribution in [1.82, 2.24) is 0 Å². The summed E-state index contributed by atoms with van der Waals surface area (Å²) < 4.78 is 11.7. The molecule has 2 rings (SSSR count). The van der Waals surface area contributed by atoms with Crippen LogP contribution in [0.5, 0.6) is 0 Å². The number of aromatic carboxylic acids is 1. The standard InChI is InChI=1S/C16H22O4/c1-10-6-13(16(17)18)4-5-14(10)9-19-15-7-11(2)20-12(3)8-15/h4-6,11-12,15H,7-9H2,1-3H3,(H,17,18). The van der Waals surface area contributed by atoms with Crippen molar-refractivity contribution in [3.05, 3.63) is 34.9 Å². The van der Waals surface area contributed by atoms with Gasteiger partial charge >= 0.3 is 5.97 Å². The Morgan fingerprint density at radius 3 is 2.55 bits per heavy atom. The number of rotatable bonds is 4. The molecule has 0 saturated carbocycles. The van der Waals surface area contributed by atoms with Crippen LogP contribution in [0.1, 0.15) is 48.2 Å². The van der Waals surface area contributed by atoms with Gasteiger partial charge in [-0.2, -0.15) is 0 Å². The summed E-state index contributed by atoms with van der Waals surface area (Å²) >= 11 is 0. The highest BCUT2D eigenvalue weighted by molar-refractivity contribution is 5.87. The summed E-state index contributed by atoms with van der Waals surface area (Å²) in [6.45, 7) is 6.58. The second kappa shape index (κ2) is 6.37. The van der Waals surface area contributed by atoms with Gasteiger partial charge in [0.25, 0.3) is 0 Å². The van der Waals surface area contributed by atoms with Gasteiger partial charge in [-0.1, -0.05) is 6.07 Å². The molecule has 0 spiro atoms. The van der Waals surface area contributed by atoms with Crippen molar-refractivity contribution >= 4 is 5.97 Å². The van der Waals surface area contributed by atoms with Gasteiger partial charge in [0.2, 0.25) is 0 Å². The first kappa shape index (κ1) is 15.0. The summed E-state index contributed by atoms with van der Waals surface area (Å²) in [5, 5.41) is 8.95. The third-order valence-corrected chi connectivity index (χ3v) is 3.72. The second-order valence-corrected chi connectivity index (χ2v) is 5.61. The average molecular weight is 278 g/mol. The van der Waals surface area contributed by atoms with Crippen molar-refractivity contribution in [3.63, 3.8) is 0 Å². The predicted octanol–water partition coefficient (Wildman–Crippen LogP) is 3.17. The maximum absolute atomic E-state index is 10.9. The van der Waals surface area contributed by atoms with E-state index in [2.05, 4.69) is 13.8 Å². The molecule has 1 aliphatic rings. The van der Waals surface area contributed by atoms with Crippen molar-refractivity contribution in [2.45, 2.75) is 58.5 Å². The Labute approximate surface area is 119 Å². The third kappa shape index (κ3) is 3.81. The van der Waals surface area contributed by atoms with Gasteiger partial charge in [-0.25, -0.2) is 4.79 Å². The van der Waals surface area contributed by atoms with Gasteiger partial charge in [0, 0.05) is 0 Å². The van der Waals surface area contributed by atoms with Gasteiger partial charge in [-0.15, -0.1) is 0 Å². The average Bonchev–Trinajstić information content (AvgIpc) is 2.36. The van der Waals surface area contributed by atoms with E-state index in [1.54, 1.807) is 12.1 Å². The summed E-state index contributed by atoms with van der Waals surface area (Å²) in [5.74, 6) is -0.896. The molecule has 110 valence electrons. The largest absolute Gasteiger partial charge is 0.478 e. The smallest absolute Gasteiger partial charge is 0.335 e. The van der Waals surface area contributed by atoms with Crippen LogP contribution in [0, 0.1) is 6.92 Å². The first-order valence-electron chi connectivity index (χ1n) is 7.05. The number of aryl methyl sites for hydroxylation is 1. The molecule has 0 aromatic heterocycles. The van der Waals surface area contributed by atoms with Crippen LogP contribution in [0.25, 0.3) is 0 Å². The van der Waals surface area contributed by atoms with Crippen molar-refractivity contribution < 1.29 is 19.4 Å². The Kier molecular flexibility index (Phi) is 4.78. The molecule has 0 bridgehead atoms. The van der Waals surface area contributed by atoms with Crippen LogP contribution >= 0.6 is 0 Å². The third-order valence-electron chi connectivity index (χ3n) is 3.72. The second-order valence-electron chi connectivity index (χ2n) is 5.61. The zero-order valence-corrected chi connectivity index (χ0v) is 12.3. The molecule has 4 heteroatoms. The molecule has 1 aromatic carbocycles. The number of hydrogen-bond acceptors (Lipinski definition) is 3. The highest BCUT2D eigenvalue weighted by Crippen LogP contribution is 2.23. The summed E-state index contributed by atoms with van der Waals surface area (Å²) in [6.07, 6.45) is 2.51. The number of benzene rings is 1. The topological polar surface area (TPSA) is 55.8 Å². The highest BCUT2D eigenvalue weighted by Gasteiger charge is 2.25. The molecule has 1 heterocycles. The van der Waals surface area contributed by atoms with Crippen LogP contribution in [0.4, 0.5) is 0 Å². The molecule has 20 heavy (non-hydrogen) atoms. The molecule has 2 unspecified atom stereocenters. The Morgan fingerprint density at radius 2 is 2.00 bits per heavy atom. The molecule has 0 aliphatic carbocycles. The molecule has 1 fully saturated rings. The van der Waals surface area contributed by atoms with Gasteiger partial charge in [0.05, 0.1) is 30.5 Å². The fourth-order valence-corrected chi connectivity index (χ4v) is 2.68. The first-order valence-corrected chi connectivity index (χ1v) is 7.05. The summed E-state index contributed by atoms with van der Waals surface area (Å²) in [6, 6.07) is 5.16. The van der Waals surface area contributed by atoms with Gasteiger partial charge in [-0.3, -0.25) is 0 Å². The molecule has 1 aliphatic heterocycles. The minimum atomic E-state index is -0.896. The van der Waals surface area contributed by atoms with Crippen LogP contribution in [-0.4, -0.2) is 29.4 Å². The minimum Gasteiger partial charge on any atom is -0.478 e. The van der Waals surface area contributed by atoms with Crippen LogP contribution in [0.2, 0.25) is 0 Å². The Morgan fingerprint density at radius 1 is 1.35 bits per heavy atom. The predicted molar refractivity (Wildman–Crippen MR) is 76.0 cm³/mol. The van der Waals surface area contributed by atoms with Gasteiger partial charge in [-0.05, 0) is 56.9 Å². The van der Waals surface area contributed by atoms with Crippen LogP contribution in [0.15, 0.2) is 18.2 Å². The zero-order chi connectivity index (χ0) is 14.7. The van der Waals surface area contributed by atoms with Gasteiger partial charge in [0.15, 0.2) is 0 Å². The number of carbonyl (C=O) groups is 1. The lowest BCUT2D eigenvalue weighted by molar-refractivity contribution is -0.106. The lowest BCUT2D eigenvalue weighted by Gasteiger charge is -2.32. The molecular weight excluding hydrogens is 256 g/mol. The maximum Gasteiger partial charge on any atom is 0.335 e. The van der Waals surface area contributed by atoms with E-state index < -0.39 is 5.97 Å². The van der Waals surface area contributed by atoms with Gasteiger partial charge in [0.1, 0.15) is 0 Å². The molecule has 1 N–H and O–H groups in total. The number of hydrogen-bond donors (Lipinski definition) is 1. The molecule has 0 amide bonds. The SMILES string of the molecule is Cc1cc(C(=O)O)ccc1COC1CC(C)OC(C)C1. The quantitative estimate of drug-likeness (QED) is 0.919. The summed E-state index contributed by atoms with van der Waals surface area (Å²) in [4.78, 5) is 10.9. The number of carboxylic acids is 1. The van der Waals surface area contributed by atoms with Crippen molar-refractivity contribution in [1.29, 1.82) is 0 Å².